The van der Waals surface area contributed by atoms with E-state index in [0.29, 0.717) is 15.2 Å². The summed E-state index contributed by atoms with van der Waals surface area (Å²) in [5.74, 6) is 0.605. The van der Waals surface area contributed by atoms with Crippen molar-refractivity contribution in [3.63, 3.8) is 0 Å². The van der Waals surface area contributed by atoms with Gasteiger partial charge in [-0.1, -0.05) is 35.6 Å². The number of para-hydroxylation sites is 1. The minimum Gasteiger partial charge on any atom is -0.497 e. The summed E-state index contributed by atoms with van der Waals surface area (Å²) >= 11 is 2.79. The van der Waals surface area contributed by atoms with E-state index in [1.54, 1.807) is 7.11 Å². The van der Waals surface area contributed by atoms with Gasteiger partial charge in [0.1, 0.15) is 5.75 Å². The molecule has 0 unspecified atom stereocenters. The van der Waals surface area contributed by atoms with Crippen LogP contribution >= 0.6 is 23.1 Å². The molecule has 2 heterocycles. The first-order valence-electron chi connectivity index (χ1n) is 7.75. The lowest BCUT2D eigenvalue weighted by Crippen LogP contribution is -2.20. The number of amidine groups is 1. The normalized spacial score (nSPS) is 17.0. The zero-order valence-electron chi connectivity index (χ0n) is 13.7. The van der Waals surface area contributed by atoms with E-state index in [1.165, 1.54) is 23.1 Å². The maximum Gasteiger partial charge on any atom is 0.264 e. The average Bonchev–Trinajstić information content (AvgIpc) is 3.23. The van der Waals surface area contributed by atoms with Gasteiger partial charge in [-0.05, 0) is 47.7 Å². The molecule has 2 N–H and O–H groups in total. The van der Waals surface area contributed by atoms with Gasteiger partial charge in [0.05, 0.1) is 22.2 Å². The van der Waals surface area contributed by atoms with Gasteiger partial charge in [-0.15, -0.1) is 5.10 Å². The number of hydrazone groups is 1. The standard InChI is InChI=1S/C18H14N4O2S2/c1-24-12-8-6-11(7-9-12)10-15-16(23)20-18(26-15)22-21-17-19-13-4-2-3-5-14(13)25-17/h2-10H,1H3,(H,19,21)(H,20,22,23)/b15-10-. The van der Waals surface area contributed by atoms with Crippen LogP contribution in [0.1, 0.15) is 5.56 Å². The molecule has 2 aromatic carbocycles. The molecule has 26 heavy (non-hydrogen) atoms. The predicted molar refractivity (Wildman–Crippen MR) is 107 cm³/mol. The first-order chi connectivity index (χ1) is 12.7. The van der Waals surface area contributed by atoms with Crippen LogP contribution in [0, 0.1) is 0 Å². The van der Waals surface area contributed by atoms with Crippen molar-refractivity contribution >= 4 is 55.6 Å². The summed E-state index contributed by atoms with van der Waals surface area (Å²) in [7, 11) is 1.62. The SMILES string of the molecule is COc1ccc(/C=C2\S/C(=N/Nc3nc4ccccc4s3)NC2=O)cc1. The summed E-state index contributed by atoms with van der Waals surface area (Å²) in [6.07, 6.45) is 1.82. The Kier molecular flexibility index (Phi) is 4.59. The van der Waals surface area contributed by atoms with Crippen LogP contribution in [0.25, 0.3) is 16.3 Å². The van der Waals surface area contributed by atoms with Gasteiger partial charge in [0.2, 0.25) is 5.13 Å². The van der Waals surface area contributed by atoms with Crippen LogP contribution in [-0.2, 0) is 4.79 Å². The number of hydrogen-bond acceptors (Lipinski definition) is 7. The summed E-state index contributed by atoms with van der Waals surface area (Å²) in [6.45, 7) is 0. The molecular formula is C18H14N4O2S2. The van der Waals surface area contributed by atoms with E-state index in [4.69, 9.17) is 4.74 Å². The van der Waals surface area contributed by atoms with Gasteiger partial charge in [0.25, 0.3) is 5.91 Å². The van der Waals surface area contributed by atoms with Crippen LogP contribution in [0.4, 0.5) is 5.13 Å². The lowest BCUT2D eigenvalue weighted by Gasteiger charge is -1.99. The van der Waals surface area contributed by atoms with Gasteiger partial charge in [-0.3, -0.25) is 15.5 Å². The van der Waals surface area contributed by atoms with Crippen molar-refractivity contribution in [3.8, 4) is 5.75 Å². The minimum absolute atomic E-state index is 0.171. The van der Waals surface area contributed by atoms with Crippen molar-refractivity contribution < 1.29 is 9.53 Å². The Hall–Kier alpha value is -2.84. The van der Waals surface area contributed by atoms with E-state index in [2.05, 4.69) is 20.8 Å². The zero-order valence-corrected chi connectivity index (χ0v) is 15.4. The van der Waals surface area contributed by atoms with E-state index < -0.39 is 0 Å². The lowest BCUT2D eigenvalue weighted by atomic mass is 10.2. The molecule has 1 saturated heterocycles. The van der Waals surface area contributed by atoms with Crippen LogP contribution in [0.3, 0.4) is 0 Å². The number of thioether (sulfide) groups is 1. The third-order valence-corrected chi connectivity index (χ3v) is 5.46. The highest BCUT2D eigenvalue weighted by atomic mass is 32.2. The van der Waals surface area contributed by atoms with Crippen molar-refractivity contribution in [2.45, 2.75) is 0 Å². The van der Waals surface area contributed by atoms with E-state index in [0.717, 1.165) is 21.5 Å². The molecule has 0 spiro atoms. The van der Waals surface area contributed by atoms with E-state index in [9.17, 15) is 4.79 Å². The Morgan fingerprint density at radius 2 is 2.00 bits per heavy atom. The molecule has 6 nitrogen and oxygen atoms in total. The summed E-state index contributed by atoms with van der Waals surface area (Å²) < 4.78 is 6.22. The van der Waals surface area contributed by atoms with E-state index in [-0.39, 0.29) is 5.91 Å². The second-order valence-electron chi connectivity index (χ2n) is 5.35. The Morgan fingerprint density at radius 1 is 1.19 bits per heavy atom. The fourth-order valence-corrected chi connectivity index (χ4v) is 3.94. The maximum absolute atomic E-state index is 12.1. The fraction of sp³-hybridized carbons (Fsp3) is 0.0556. The Bertz CT molecular complexity index is 992. The summed E-state index contributed by atoms with van der Waals surface area (Å²) in [4.78, 5) is 17.1. The number of carbonyl (C=O) groups is 1. The van der Waals surface area contributed by atoms with Gasteiger partial charge in [-0.25, -0.2) is 4.98 Å². The topological polar surface area (TPSA) is 75.6 Å². The van der Waals surface area contributed by atoms with Gasteiger partial charge < -0.3 is 4.74 Å². The van der Waals surface area contributed by atoms with E-state index >= 15 is 0 Å². The number of nitrogens with one attached hydrogen (secondary N) is 2. The molecule has 1 aliphatic heterocycles. The van der Waals surface area contributed by atoms with Crippen LogP contribution in [0.15, 0.2) is 58.5 Å². The molecule has 1 fully saturated rings. The van der Waals surface area contributed by atoms with Crippen LogP contribution in [0.5, 0.6) is 5.75 Å². The molecule has 1 aliphatic rings. The number of benzene rings is 2. The minimum atomic E-state index is -0.171. The molecule has 1 aromatic heterocycles. The fourth-order valence-electron chi connectivity index (χ4n) is 2.35. The van der Waals surface area contributed by atoms with Crippen LogP contribution in [0.2, 0.25) is 0 Å². The molecule has 0 aliphatic carbocycles. The van der Waals surface area contributed by atoms with Crippen molar-refractivity contribution in [3.05, 3.63) is 59.0 Å². The number of ether oxygens (including phenoxy) is 1. The number of carbonyl (C=O) groups excluding carboxylic acids is 1. The van der Waals surface area contributed by atoms with E-state index in [1.807, 2.05) is 54.6 Å². The molecule has 0 saturated carbocycles. The number of methoxy groups -OCH3 is 1. The number of rotatable bonds is 4. The molecule has 0 atom stereocenters. The number of anilines is 1. The largest absolute Gasteiger partial charge is 0.497 e. The molecule has 0 radical (unpaired) electrons. The van der Waals surface area contributed by atoms with Crippen molar-refractivity contribution in [2.24, 2.45) is 5.10 Å². The predicted octanol–water partition coefficient (Wildman–Crippen LogP) is 3.89. The third-order valence-electron chi connectivity index (χ3n) is 3.61. The van der Waals surface area contributed by atoms with Gasteiger partial charge >= 0.3 is 0 Å². The van der Waals surface area contributed by atoms with Crippen molar-refractivity contribution in [1.29, 1.82) is 0 Å². The molecule has 130 valence electrons. The number of fused-ring (bicyclic) bond motifs is 1. The second kappa shape index (κ2) is 7.19. The lowest BCUT2D eigenvalue weighted by molar-refractivity contribution is -0.115. The number of nitrogens with zero attached hydrogens (tertiary/aromatic N) is 2. The van der Waals surface area contributed by atoms with Gasteiger partial charge in [0, 0.05) is 0 Å². The highest BCUT2D eigenvalue weighted by molar-refractivity contribution is 8.18. The van der Waals surface area contributed by atoms with Gasteiger partial charge in [0.15, 0.2) is 5.17 Å². The summed E-state index contributed by atoms with van der Waals surface area (Å²) in [5.41, 5.74) is 4.75. The first kappa shape index (κ1) is 16.6. The number of aromatic nitrogens is 1. The quantitative estimate of drug-likeness (QED) is 0.529. The highest BCUT2D eigenvalue weighted by Crippen LogP contribution is 2.28. The molecule has 1 amide bonds. The first-order valence-corrected chi connectivity index (χ1v) is 9.39. The van der Waals surface area contributed by atoms with Crippen LogP contribution in [-0.4, -0.2) is 23.2 Å². The number of thiazole rings is 1. The Morgan fingerprint density at radius 3 is 2.77 bits per heavy atom. The zero-order chi connectivity index (χ0) is 17.9. The highest BCUT2D eigenvalue weighted by Gasteiger charge is 2.24. The molecular weight excluding hydrogens is 368 g/mol. The molecule has 0 bridgehead atoms. The smallest absolute Gasteiger partial charge is 0.264 e. The van der Waals surface area contributed by atoms with Crippen molar-refractivity contribution in [1.82, 2.24) is 10.3 Å². The monoisotopic (exact) mass is 382 g/mol. The molecule has 4 rings (SSSR count). The maximum atomic E-state index is 12.1. The summed E-state index contributed by atoms with van der Waals surface area (Å²) in [5, 5.41) is 8.17. The van der Waals surface area contributed by atoms with Crippen LogP contribution < -0.4 is 15.5 Å². The summed E-state index contributed by atoms with van der Waals surface area (Å²) in [6, 6.07) is 15.4. The Labute approximate surface area is 158 Å². The number of hydrogen-bond donors (Lipinski definition) is 2. The number of amides is 1. The van der Waals surface area contributed by atoms with Gasteiger partial charge in [-0.2, -0.15) is 0 Å². The average molecular weight is 382 g/mol. The third kappa shape index (κ3) is 3.56. The second-order valence-corrected chi connectivity index (χ2v) is 7.41. The molecule has 8 heteroatoms. The Balaban J connectivity index is 1.47. The van der Waals surface area contributed by atoms with Crippen molar-refractivity contribution in [2.75, 3.05) is 12.5 Å². The molecule has 3 aromatic rings.